The Morgan fingerprint density at radius 2 is 1.64 bits per heavy atom. The van der Waals surface area contributed by atoms with E-state index in [2.05, 4.69) is 4.74 Å². The number of ether oxygens (including phenoxy) is 1. The van der Waals surface area contributed by atoms with E-state index in [1.165, 1.54) is 7.11 Å². The van der Waals surface area contributed by atoms with Gasteiger partial charge in [-0.25, -0.2) is 12.8 Å². The van der Waals surface area contributed by atoms with E-state index in [4.69, 9.17) is 0 Å². The van der Waals surface area contributed by atoms with Crippen LogP contribution < -0.4 is 4.74 Å². The van der Waals surface area contributed by atoms with Gasteiger partial charge in [-0.05, 0) is 30.3 Å². The summed E-state index contributed by atoms with van der Waals surface area (Å²) in [6.07, 6.45) is 0. The van der Waals surface area contributed by atoms with Crippen molar-refractivity contribution < 1.29 is 26.9 Å². The first-order chi connectivity index (χ1) is 10.3. The van der Waals surface area contributed by atoms with Gasteiger partial charge in [0.05, 0.1) is 21.8 Å². The number of nitro groups is 1. The highest BCUT2D eigenvalue weighted by Gasteiger charge is 2.24. The zero-order valence-corrected chi connectivity index (χ0v) is 11.9. The van der Waals surface area contributed by atoms with Crippen LogP contribution >= 0.6 is 0 Å². The van der Waals surface area contributed by atoms with Crippen molar-refractivity contribution in [2.24, 2.45) is 0 Å². The number of sulfone groups is 1. The highest BCUT2D eigenvalue weighted by Crippen LogP contribution is 2.28. The number of hydrogen-bond donors (Lipinski definition) is 0. The van der Waals surface area contributed by atoms with E-state index in [-0.39, 0.29) is 5.75 Å². The molecule has 0 bridgehead atoms. The van der Waals surface area contributed by atoms with Crippen LogP contribution in [0.5, 0.6) is 5.75 Å². The zero-order chi connectivity index (χ0) is 16.5. The summed E-state index contributed by atoms with van der Waals surface area (Å²) < 4.78 is 56.2. The van der Waals surface area contributed by atoms with E-state index in [9.17, 15) is 27.3 Å². The fourth-order valence-electron chi connectivity index (χ4n) is 1.75. The molecule has 0 fully saturated rings. The molecule has 9 heteroatoms. The van der Waals surface area contributed by atoms with Gasteiger partial charge in [-0.1, -0.05) is 0 Å². The van der Waals surface area contributed by atoms with Gasteiger partial charge < -0.3 is 4.74 Å². The molecule has 0 N–H and O–H groups in total. The Morgan fingerprint density at radius 3 is 2.18 bits per heavy atom. The standard InChI is InChI=1S/C13H9F2NO5S/c1-21-13-5-3-8(6-11(13)15)22(19,20)9-2-4-10(14)12(7-9)16(17)18/h2-7H,1H3. The number of benzene rings is 2. The quantitative estimate of drug-likeness (QED) is 0.489. The molecule has 0 spiro atoms. The van der Waals surface area contributed by atoms with Crippen molar-refractivity contribution in [3.05, 3.63) is 58.1 Å². The molecule has 116 valence electrons. The molecule has 0 heterocycles. The lowest BCUT2D eigenvalue weighted by molar-refractivity contribution is -0.387. The van der Waals surface area contributed by atoms with Crippen molar-refractivity contribution in [2.75, 3.05) is 7.11 Å². The number of nitrogens with zero attached hydrogens (tertiary/aromatic N) is 1. The number of hydrogen-bond acceptors (Lipinski definition) is 5. The molecule has 0 saturated carbocycles. The SMILES string of the molecule is COc1ccc(S(=O)(=O)c2ccc(F)c([N+](=O)[O-])c2)cc1F. The highest BCUT2D eigenvalue weighted by molar-refractivity contribution is 7.91. The second kappa shape index (κ2) is 5.68. The minimum Gasteiger partial charge on any atom is -0.494 e. The van der Waals surface area contributed by atoms with Crippen molar-refractivity contribution in [1.29, 1.82) is 0 Å². The first-order valence-electron chi connectivity index (χ1n) is 5.80. The third kappa shape index (κ3) is 2.75. The second-order valence-corrected chi connectivity index (χ2v) is 6.12. The Morgan fingerprint density at radius 1 is 1.05 bits per heavy atom. The topological polar surface area (TPSA) is 86.5 Å². The Labute approximate surface area is 124 Å². The summed E-state index contributed by atoms with van der Waals surface area (Å²) in [5, 5.41) is 10.7. The van der Waals surface area contributed by atoms with Gasteiger partial charge in [0.2, 0.25) is 15.7 Å². The third-order valence-corrected chi connectivity index (χ3v) is 4.61. The van der Waals surface area contributed by atoms with Crippen molar-refractivity contribution in [3.63, 3.8) is 0 Å². The minimum absolute atomic E-state index is 0.149. The molecule has 0 amide bonds. The van der Waals surface area contributed by atoms with Gasteiger partial charge >= 0.3 is 5.69 Å². The smallest absolute Gasteiger partial charge is 0.306 e. The average Bonchev–Trinajstić information content (AvgIpc) is 2.47. The summed E-state index contributed by atoms with van der Waals surface area (Å²) in [7, 11) is -3.01. The van der Waals surface area contributed by atoms with Crippen LogP contribution in [-0.4, -0.2) is 20.5 Å². The van der Waals surface area contributed by atoms with Crippen LogP contribution in [0.25, 0.3) is 0 Å². The average molecular weight is 329 g/mol. The number of nitro benzene ring substituents is 1. The molecular weight excluding hydrogens is 320 g/mol. The molecule has 0 atom stereocenters. The van der Waals surface area contributed by atoms with Crippen molar-refractivity contribution in [1.82, 2.24) is 0 Å². The van der Waals surface area contributed by atoms with E-state index in [0.29, 0.717) is 12.1 Å². The van der Waals surface area contributed by atoms with Gasteiger partial charge in [-0.3, -0.25) is 10.1 Å². The van der Waals surface area contributed by atoms with Gasteiger partial charge in [0.15, 0.2) is 11.6 Å². The number of halogens is 2. The lowest BCUT2D eigenvalue weighted by atomic mass is 10.3. The van der Waals surface area contributed by atoms with Gasteiger partial charge in [0.25, 0.3) is 0 Å². The second-order valence-electron chi connectivity index (χ2n) is 4.17. The molecule has 2 rings (SSSR count). The van der Waals surface area contributed by atoms with E-state index in [0.717, 1.165) is 24.3 Å². The third-order valence-electron chi connectivity index (χ3n) is 2.86. The molecule has 2 aromatic rings. The van der Waals surface area contributed by atoms with E-state index >= 15 is 0 Å². The van der Waals surface area contributed by atoms with Crippen molar-refractivity contribution >= 4 is 15.5 Å². The molecule has 6 nitrogen and oxygen atoms in total. The fourth-order valence-corrected chi connectivity index (χ4v) is 3.04. The lowest BCUT2D eigenvalue weighted by Crippen LogP contribution is -2.04. The fraction of sp³-hybridized carbons (Fsp3) is 0.0769. The molecule has 0 aromatic heterocycles. The molecule has 0 aliphatic heterocycles. The van der Waals surface area contributed by atoms with E-state index in [1.54, 1.807) is 0 Å². The van der Waals surface area contributed by atoms with Crippen LogP contribution in [0, 0.1) is 21.7 Å². The number of methoxy groups -OCH3 is 1. The summed E-state index contributed by atoms with van der Waals surface area (Å²) in [5.74, 6) is -2.21. The largest absolute Gasteiger partial charge is 0.494 e. The van der Waals surface area contributed by atoms with E-state index in [1.807, 2.05) is 0 Å². The Kier molecular flexibility index (Phi) is 4.09. The number of rotatable bonds is 4. The molecular formula is C13H9F2NO5S. The molecule has 0 unspecified atom stereocenters. The monoisotopic (exact) mass is 329 g/mol. The van der Waals surface area contributed by atoms with Crippen LogP contribution in [0.3, 0.4) is 0 Å². The predicted octanol–water partition coefficient (Wildman–Crippen LogP) is 2.71. The van der Waals surface area contributed by atoms with Crippen molar-refractivity contribution in [3.8, 4) is 5.75 Å². The van der Waals surface area contributed by atoms with Crippen LogP contribution in [0.1, 0.15) is 0 Å². The summed E-state index contributed by atoms with van der Waals surface area (Å²) in [6.45, 7) is 0. The normalized spacial score (nSPS) is 11.2. The van der Waals surface area contributed by atoms with Crippen LogP contribution in [0.15, 0.2) is 46.2 Å². The van der Waals surface area contributed by atoms with E-state index < -0.39 is 41.9 Å². The van der Waals surface area contributed by atoms with Gasteiger partial charge in [-0.2, -0.15) is 4.39 Å². The molecule has 0 aliphatic rings. The first-order valence-corrected chi connectivity index (χ1v) is 7.28. The van der Waals surface area contributed by atoms with Gasteiger partial charge in [0.1, 0.15) is 0 Å². The minimum atomic E-state index is -4.23. The van der Waals surface area contributed by atoms with Gasteiger partial charge in [0, 0.05) is 6.07 Å². The highest BCUT2D eigenvalue weighted by atomic mass is 32.2. The maximum Gasteiger partial charge on any atom is 0.306 e. The van der Waals surface area contributed by atoms with Gasteiger partial charge in [-0.15, -0.1) is 0 Å². The zero-order valence-electron chi connectivity index (χ0n) is 11.1. The lowest BCUT2D eigenvalue weighted by Gasteiger charge is -2.07. The summed E-state index contributed by atoms with van der Waals surface area (Å²) in [5.41, 5.74) is -0.977. The Bertz CT molecular complexity index is 852. The molecule has 0 radical (unpaired) electrons. The van der Waals surface area contributed by atoms with Crippen LogP contribution in [-0.2, 0) is 9.84 Å². The summed E-state index contributed by atoms with van der Waals surface area (Å²) in [6, 6.07) is 5.06. The summed E-state index contributed by atoms with van der Waals surface area (Å²) >= 11 is 0. The molecule has 0 aliphatic carbocycles. The Balaban J connectivity index is 2.58. The molecule has 22 heavy (non-hydrogen) atoms. The molecule has 0 saturated heterocycles. The maximum absolute atomic E-state index is 13.6. The predicted molar refractivity (Wildman–Crippen MR) is 71.5 cm³/mol. The molecule has 2 aromatic carbocycles. The van der Waals surface area contributed by atoms with Crippen molar-refractivity contribution in [2.45, 2.75) is 9.79 Å². The Hall–Kier alpha value is -2.55. The summed E-state index contributed by atoms with van der Waals surface area (Å²) in [4.78, 5) is 8.70. The van der Waals surface area contributed by atoms with Crippen LogP contribution in [0.2, 0.25) is 0 Å². The first kappa shape index (κ1) is 15.8. The van der Waals surface area contributed by atoms with Crippen LogP contribution in [0.4, 0.5) is 14.5 Å². The maximum atomic E-state index is 13.6.